The fourth-order valence-corrected chi connectivity index (χ4v) is 9.91. The molecule has 4 saturated heterocycles. The molecular formula is C47H56F2N14O6. The van der Waals surface area contributed by atoms with Gasteiger partial charge in [0.25, 0.3) is 5.91 Å². The number of rotatable bonds is 11. The number of nitrogens with zero attached hydrogens (tertiary/aromatic N) is 11. The van der Waals surface area contributed by atoms with Gasteiger partial charge in [-0.2, -0.15) is 5.10 Å². The summed E-state index contributed by atoms with van der Waals surface area (Å²) < 4.78 is 43.8. The summed E-state index contributed by atoms with van der Waals surface area (Å²) in [6, 6.07) is 1.62. The zero-order chi connectivity index (χ0) is 48.3. The van der Waals surface area contributed by atoms with Crippen LogP contribution in [0.2, 0.25) is 0 Å². The fourth-order valence-electron chi connectivity index (χ4n) is 9.91. The summed E-state index contributed by atoms with van der Waals surface area (Å²) >= 11 is 0. The molecular weight excluding hydrogens is 895 g/mol. The van der Waals surface area contributed by atoms with Crippen LogP contribution in [0.4, 0.5) is 30.8 Å². The molecule has 4 aliphatic heterocycles. The summed E-state index contributed by atoms with van der Waals surface area (Å²) in [6.07, 6.45) is 6.59. The molecule has 5 fully saturated rings. The number of aryl methyl sites for hydroxylation is 1. The number of halogens is 2. The van der Waals surface area contributed by atoms with Crippen molar-refractivity contribution >= 4 is 52.0 Å². The zero-order valence-corrected chi connectivity index (χ0v) is 39.1. The monoisotopic (exact) mass is 950 g/mol. The van der Waals surface area contributed by atoms with Crippen LogP contribution in [-0.2, 0) is 24.7 Å². The molecule has 1 aliphatic carbocycles. The molecule has 69 heavy (non-hydrogen) atoms. The second kappa shape index (κ2) is 18.2. The number of nitrogens with one attached hydrogen (secondary N) is 2. The number of anilines is 3. The van der Waals surface area contributed by atoms with E-state index in [1.807, 2.05) is 32.4 Å². The minimum absolute atomic E-state index is 0.0116. The van der Waals surface area contributed by atoms with Crippen molar-refractivity contribution < 1.29 is 37.2 Å². The highest BCUT2D eigenvalue weighted by molar-refractivity contribution is 6.02. The molecule has 5 aliphatic rings. The SMILES string of the molecule is Cc1nc(-c2c(-c3nn(C(C)(C)C)c4ncnc(N)c34)noc2C2CC2)ncc1C1CN(C(=O)OCC(=O)N2CCC(CN3CCN(c4c(F)cc(N[C@H]5CCC(=O)NC5=O)cc4F)CC3)CC2)C1. The van der Waals surface area contributed by atoms with E-state index >= 15 is 8.78 Å². The lowest BCUT2D eigenvalue weighted by Crippen LogP contribution is -2.50. The molecule has 20 nitrogen and oxygen atoms in total. The summed E-state index contributed by atoms with van der Waals surface area (Å²) in [4.78, 5) is 75.6. The third-order valence-electron chi connectivity index (χ3n) is 13.9. The van der Waals surface area contributed by atoms with Crippen molar-refractivity contribution in [2.45, 2.75) is 89.6 Å². The maximum absolute atomic E-state index is 15.3. The van der Waals surface area contributed by atoms with Crippen LogP contribution in [0.5, 0.6) is 0 Å². The van der Waals surface area contributed by atoms with Gasteiger partial charge in [0.1, 0.15) is 35.3 Å². The third-order valence-corrected chi connectivity index (χ3v) is 13.9. The number of fused-ring (bicyclic) bond motifs is 1. The molecule has 0 radical (unpaired) electrons. The fraction of sp³-hybridized carbons (Fsp3) is 0.532. The van der Waals surface area contributed by atoms with Gasteiger partial charge in [-0.3, -0.25) is 24.6 Å². The van der Waals surface area contributed by atoms with Crippen LogP contribution in [0.1, 0.15) is 88.1 Å². The number of nitrogens with two attached hydrogens (primary N) is 1. The summed E-state index contributed by atoms with van der Waals surface area (Å²) in [7, 11) is 0. The first-order chi connectivity index (χ1) is 33.1. The van der Waals surface area contributed by atoms with Crippen molar-refractivity contribution in [1.82, 2.24) is 54.9 Å². The van der Waals surface area contributed by atoms with Crippen LogP contribution in [0.3, 0.4) is 0 Å². The van der Waals surface area contributed by atoms with Crippen molar-refractivity contribution in [3.63, 3.8) is 0 Å². The van der Waals surface area contributed by atoms with Crippen LogP contribution in [-0.4, -0.2) is 145 Å². The highest BCUT2D eigenvalue weighted by atomic mass is 19.1. The number of hydrogen-bond donors (Lipinski definition) is 3. The number of hydrogen-bond acceptors (Lipinski definition) is 16. The van der Waals surface area contributed by atoms with Gasteiger partial charge in [-0.25, -0.2) is 38.2 Å². The van der Waals surface area contributed by atoms with E-state index in [2.05, 4.69) is 30.7 Å². The van der Waals surface area contributed by atoms with E-state index < -0.39 is 35.2 Å². The minimum atomic E-state index is -0.746. The number of nitrogen functional groups attached to an aromatic ring is 1. The smallest absolute Gasteiger partial charge is 0.410 e. The van der Waals surface area contributed by atoms with Gasteiger partial charge in [0, 0.05) is 94.7 Å². The van der Waals surface area contributed by atoms with Gasteiger partial charge in [-0.05, 0) is 83.4 Å². The second-order valence-corrected chi connectivity index (χ2v) is 19.9. The molecule has 4 aromatic heterocycles. The number of piperidine rings is 2. The predicted molar refractivity (Wildman–Crippen MR) is 248 cm³/mol. The van der Waals surface area contributed by atoms with Crippen molar-refractivity contribution in [3.8, 4) is 22.8 Å². The van der Waals surface area contributed by atoms with Crippen LogP contribution >= 0.6 is 0 Å². The summed E-state index contributed by atoms with van der Waals surface area (Å²) in [6.45, 7) is 12.5. The summed E-state index contributed by atoms with van der Waals surface area (Å²) in [5, 5.41) is 15.1. The number of carbonyl (C=O) groups is 4. The van der Waals surface area contributed by atoms with Crippen molar-refractivity contribution in [3.05, 3.63) is 53.3 Å². The van der Waals surface area contributed by atoms with Crippen LogP contribution in [0.15, 0.2) is 29.2 Å². The maximum atomic E-state index is 15.3. The van der Waals surface area contributed by atoms with Gasteiger partial charge in [-0.1, -0.05) is 5.16 Å². The van der Waals surface area contributed by atoms with Gasteiger partial charge in [0.2, 0.25) is 11.8 Å². The molecule has 8 heterocycles. The first-order valence-electron chi connectivity index (χ1n) is 23.7. The molecule has 4 N–H and O–H groups in total. The van der Waals surface area contributed by atoms with Gasteiger partial charge in [0.15, 0.2) is 35.5 Å². The standard InChI is InChI=1S/C47H56F2N14O6/c1-25-30(19-51-43(54-25)36-39(58-69-41(36)27-5-6-27)38-37-42(50)52-24-53-44(37)63(57-38)47(2,3)4)28-21-62(22-28)46(67)68-23-35(65)60-11-9-26(10-12-60)20-59-13-15-61(16-14-59)40-31(48)17-29(18-32(40)49)55-33-7-8-34(64)56-45(33)66/h17-19,24,26-28,33,55H,5-16,20-23H2,1-4H3,(H2,50,52,53)(H,56,64,66)/t33-/m0/s1. The van der Waals surface area contributed by atoms with Crippen LogP contribution in [0.25, 0.3) is 33.8 Å². The lowest BCUT2D eigenvalue weighted by atomic mass is 9.92. The first-order valence-corrected chi connectivity index (χ1v) is 23.7. The van der Waals surface area contributed by atoms with Crippen molar-refractivity contribution in [2.75, 3.05) is 81.5 Å². The molecule has 0 unspecified atom stereocenters. The Balaban J connectivity index is 0.680. The van der Waals surface area contributed by atoms with E-state index in [0.717, 1.165) is 43.5 Å². The Bertz CT molecular complexity index is 2800. The lowest BCUT2D eigenvalue weighted by Gasteiger charge is -2.40. The number of imide groups is 1. The molecule has 10 rings (SSSR count). The Morgan fingerprint density at radius 3 is 2.32 bits per heavy atom. The number of carbonyl (C=O) groups excluding carboxylic acids is 4. The molecule has 364 valence electrons. The number of ether oxygens (including phenoxy) is 1. The molecule has 1 saturated carbocycles. The van der Waals surface area contributed by atoms with E-state index in [1.54, 1.807) is 20.9 Å². The van der Waals surface area contributed by atoms with Gasteiger partial charge in [-0.15, -0.1) is 0 Å². The minimum Gasteiger partial charge on any atom is -0.439 e. The Morgan fingerprint density at radius 2 is 1.65 bits per heavy atom. The topological polar surface area (TPSA) is 236 Å². The van der Waals surface area contributed by atoms with Crippen LogP contribution < -0.4 is 21.3 Å². The van der Waals surface area contributed by atoms with Crippen molar-refractivity contribution in [1.29, 1.82) is 0 Å². The van der Waals surface area contributed by atoms with E-state index in [9.17, 15) is 19.2 Å². The Kier molecular flexibility index (Phi) is 12.1. The molecule has 1 aromatic carbocycles. The molecule has 5 aromatic rings. The molecule has 1 atom stereocenters. The average Bonchev–Trinajstić information content (AvgIpc) is 3.91. The number of amides is 4. The Labute approximate surface area is 396 Å². The van der Waals surface area contributed by atoms with Gasteiger partial charge < -0.3 is 35.0 Å². The van der Waals surface area contributed by atoms with E-state index in [4.69, 9.17) is 30.1 Å². The lowest BCUT2D eigenvalue weighted by molar-refractivity contribution is -0.136. The van der Waals surface area contributed by atoms with Crippen molar-refractivity contribution in [2.24, 2.45) is 5.92 Å². The summed E-state index contributed by atoms with van der Waals surface area (Å²) in [5.74, 6) is -0.579. The number of piperazine rings is 1. The molecule has 22 heteroatoms. The Morgan fingerprint density at radius 1 is 0.928 bits per heavy atom. The zero-order valence-electron chi connectivity index (χ0n) is 39.1. The second-order valence-electron chi connectivity index (χ2n) is 19.9. The van der Waals surface area contributed by atoms with Crippen LogP contribution in [0, 0.1) is 24.5 Å². The summed E-state index contributed by atoms with van der Waals surface area (Å²) in [5.41, 5.74) is 9.94. The normalized spacial score (nSPS) is 19.8. The quantitative estimate of drug-likeness (QED) is 0.154. The average molecular weight is 951 g/mol. The highest BCUT2D eigenvalue weighted by Gasteiger charge is 2.39. The third kappa shape index (κ3) is 9.25. The van der Waals surface area contributed by atoms with E-state index in [-0.39, 0.29) is 60.3 Å². The maximum Gasteiger partial charge on any atom is 0.410 e. The number of benzene rings is 1. The van der Waals surface area contributed by atoms with Gasteiger partial charge in [0.05, 0.1) is 16.5 Å². The Hall–Kier alpha value is -6.84. The molecule has 4 amide bonds. The number of aromatic nitrogens is 7. The molecule has 0 spiro atoms. The van der Waals surface area contributed by atoms with E-state index in [0.29, 0.717) is 97.8 Å². The van der Waals surface area contributed by atoms with E-state index in [1.165, 1.54) is 18.5 Å². The largest absolute Gasteiger partial charge is 0.439 e. The first kappa shape index (κ1) is 45.9. The number of likely N-dealkylation sites (tertiary alicyclic amines) is 2. The highest BCUT2D eigenvalue weighted by Crippen LogP contribution is 2.48. The van der Waals surface area contributed by atoms with Gasteiger partial charge >= 0.3 is 6.09 Å². The predicted octanol–water partition coefficient (Wildman–Crippen LogP) is 4.55. The molecule has 0 bridgehead atoms.